The van der Waals surface area contributed by atoms with Crippen LogP contribution in [0.25, 0.3) is 11.3 Å². The van der Waals surface area contributed by atoms with Crippen molar-refractivity contribution in [3.63, 3.8) is 0 Å². The van der Waals surface area contributed by atoms with Crippen molar-refractivity contribution >= 4 is 5.91 Å². The van der Waals surface area contributed by atoms with Crippen molar-refractivity contribution in [3.05, 3.63) is 42.0 Å². The minimum Gasteiger partial charge on any atom is -0.480 e. The average Bonchev–Trinajstić information content (AvgIpc) is 2.52. The molecule has 0 unspecified atom stereocenters. The summed E-state index contributed by atoms with van der Waals surface area (Å²) in [5, 5.41) is 10.9. The van der Waals surface area contributed by atoms with Gasteiger partial charge >= 0.3 is 0 Å². The maximum Gasteiger partial charge on any atom is 0.251 e. The molecule has 5 heteroatoms. The standard InChI is InChI=1S/C16H19N3O2/c1-11(2)10-17-16(20)13-6-4-5-12(9-13)14-7-8-15(21-3)19-18-14/h4-9,11H,10H2,1-3H3,(H,17,20). The van der Waals surface area contributed by atoms with E-state index in [-0.39, 0.29) is 5.91 Å². The van der Waals surface area contributed by atoms with Crippen LogP contribution in [0, 0.1) is 5.92 Å². The van der Waals surface area contributed by atoms with E-state index in [1.165, 1.54) is 0 Å². The van der Waals surface area contributed by atoms with E-state index in [1.54, 1.807) is 19.2 Å². The minimum atomic E-state index is -0.0768. The summed E-state index contributed by atoms with van der Waals surface area (Å²) in [6.45, 7) is 4.78. The number of hydrogen-bond donors (Lipinski definition) is 1. The number of carbonyl (C=O) groups excluding carboxylic acids is 1. The molecule has 0 saturated carbocycles. The summed E-state index contributed by atoms with van der Waals surface area (Å²) in [4.78, 5) is 12.1. The zero-order chi connectivity index (χ0) is 15.2. The van der Waals surface area contributed by atoms with Crippen LogP contribution in [0.3, 0.4) is 0 Å². The van der Waals surface area contributed by atoms with Crippen LogP contribution in [0.2, 0.25) is 0 Å². The normalized spacial score (nSPS) is 10.5. The van der Waals surface area contributed by atoms with E-state index >= 15 is 0 Å². The van der Waals surface area contributed by atoms with Crippen molar-refractivity contribution in [1.29, 1.82) is 0 Å². The topological polar surface area (TPSA) is 64.1 Å². The van der Waals surface area contributed by atoms with Crippen LogP contribution in [0.5, 0.6) is 5.88 Å². The van der Waals surface area contributed by atoms with Crippen LogP contribution in [-0.4, -0.2) is 29.8 Å². The monoisotopic (exact) mass is 285 g/mol. The maximum atomic E-state index is 12.1. The van der Waals surface area contributed by atoms with Crippen LogP contribution in [-0.2, 0) is 0 Å². The van der Waals surface area contributed by atoms with Gasteiger partial charge in [-0.15, -0.1) is 10.2 Å². The van der Waals surface area contributed by atoms with Crippen molar-refractivity contribution < 1.29 is 9.53 Å². The summed E-state index contributed by atoms with van der Waals surface area (Å²) < 4.78 is 4.98. The Hall–Kier alpha value is -2.43. The van der Waals surface area contributed by atoms with E-state index in [1.807, 2.05) is 24.3 Å². The van der Waals surface area contributed by atoms with Crippen LogP contribution >= 0.6 is 0 Å². The first-order valence-corrected chi connectivity index (χ1v) is 6.86. The Morgan fingerprint density at radius 2 is 2.05 bits per heavy atom. The SMILES string of the molecule is COc1ccc(-c2cccc(C(=O)NCC(C)C)c2)nn1. The summed E-state index contributed by atoms with van der Waals surface area (Å²) >= 11 is 0. The van der Waals surface area contributed by atoms with E-state index in [9.17, 15) is 4.79 Å². The molecule has 0 aliphatic rings. The van der Waals surface area contributed by atoms with Crippen molar-refractivity contribution in [3.8, 4) is 17.1 Å². The molecule has 0 saturated heterocycles. The molecular weight excluding hydrogens is 266 g/mol. The Morgan fingerprint density at radius 1 is 1.24 bits per heavy atom. The maximum absolute atomic E-state index is 12.1. The predicted octanol–water partition coefficient (Wildman–Crippen LogP) is 2.54. The molecule has 0 bridgehead atoms. The molecule has 5 nitrogen and oxygen atoms in total. The highest BCUT2D eigenvalue weighted by Crippen LogP contribution is 2.19. The predicted molar refractivity (Wildman–Crippen MR) is 81.2 cm³/mol. The summed E-state index contributed by atoms with van der Waals surface area (Å²) in [5.41, 5.74) is 2.17. The number of amides is 1. The first kappa shape index (κ1) is 15.0. The Bertz CT molecular complexity index is 609. The van der Waals surface area contributed by atoms with E-state index < -0.39 is 0 Å². The molecule has 2 aromatic rings. The highest BCUT2D eigenvalue weighted by Gasteiger charge is 2.08. The second-order valence-electron chi connectivity index (χ2n) is 5.15. The largest absolute Gasteiger partial charge is 0.480 e. The van der Waals surface area contributed by atoms with Gasteiger partial charge in [0.05, 0.1) is 12.8 Å². The van der Waals surface area contributed by atoms with Gasteiger partial charge in [-0.3, -0.25) is 4.79 Å². The molecule has 0 fully saturated rings. The molecule has 1 aromatic carbocycles. The number of rotatable bonds is 5. The van der Waals surface area contributed by atoms with Gasteiger partial charge in [0.15, 0.2) is 0 Å². The molecular formula is C16H19N3O2. The van der Waals surface area contributed by atoms with Gasteiger partial charge in [-0.25, -0.2) is 0 Å². The number of carbonyl (C=O) groups is 1. The van der Waals surface area contributed by atoms with E-state index in [4.69, 9.17) is 4.74 Å². The van der Waals surface area contributed by atoms with E-state index in [0.29, 0.717) is 29.6 Å². The van der Waals surface area contributed by atoms with Gasteiger partial charge in [0.25, 0.3) is 5.91 Å². The van der Waals surface area contributed by atoms with Crippen molar-refractivity contribution in [1.82, 2.24) is 15.5 Å². The third-order valence-corrected chi connectivity index (χ3v) is 2.94. The van der Waals surface area contributed by atoms with Gasteiger partial charge in [0.2, 0.25) is 5.88 Å². The fraction of sp³-hybridized carbons (Fsp3) is 0.312. The van der Waals surface area contributed by atoms with Crippen LogP contribution in [0.15, 0.2) is 36.4 Å². The summed E-state index contributed by atoms with van der Waals surface area (Å²) in [5.74, 6) is 0.807. The van der Waals surface area contributed by atoms with Gasteiger partial charge in [-0.05, 0) is 24.1 Å². The molecule has 0 spiro atoms. The molecule has 0 radical (unpaired) electrons. The number of ether oxygens (including phenoxy) is 1. The highest BCUT2D eigenvalue weighted by molar-refractivity contribution is 5.95. The quantitative estimate of drug-likeness (QED) is 0.917. The molecule has 1 heterocycles. The first-order valence-electron chi connectivity index (χ1n) is 6.86. The van der Waals surface area contributed by atoms with Crippen molar-refractivity contribution in [2.75, 3.05) is 13.7 Å². The highest BCUT2D eigenvalue weighted by atomic mass is 16.5. The third kappa shape index (κ3) is 4.02. The van der Waals surface area contributed by atoms with E-state index in [2.05, 4.69) is 29.4 Å². The molecule has 2 rings (SSSR count). The molecule has 1 N–H and O–H groups in total. The Labute approximate surface area is 124 Å². The molecule has 0 aliphatic carbocycles. The van der Waals surface area contributed by atoms with Gasteiger partial charge in [-0.2, -0.15) is 0 Å². The zero-order valence-electron chi connectivity index (χ0n) is 12.5. The Morgan fingerprint density at radius 3 is 2.67 bits per heavy atom. The van der Waals surface area contributed by atoms with Crippen molar-refractivity contribution in [2.45, 2.75) is 13.8 Å². The summed E-state index contributed by atoms with van der Waals surface area (Å²) in [7, 11) is 1.55. The Balaban J connectivity index is 2.18. The van der Waals surface area contributed by atoms with Crippen LogP contribution in [0.1, 0.15) is 24.2 Å². The first-order chi connectivity index (χ1) is 10.1. The van der Waals surface area contributed by atoms with Gasteiger partial charge in [0, 0.05) is 23.7 Å². The zero-order valence-corrected chi connectivity index (χ0v) is 12.5. The lowest BCUT2D eigenvalue weighted by Gasteiger charge is -2.08. The number of benzene rings is 1. The number of methoxy groups -OCH3 is 1. The van der Waals surface area contributed by atoms with Gasteiger partial charge in [0.1, 0.15) is 0 Å². The lowest BCUT2D eigenvalue weighted by molar-refractivity contribution is 0.0949. The van der Waals surface area contributed by atoms with Crippen LogP contribution < -0.4 is 10.1 Å². The lowest BCUT2D eigenvalue weighted by Crippen LogP contribution is -2.27. The smallest absolute Gasteiger partial charge is 0.251 e. The fourth-order valence-electron chi connectivity index (χ4n) is 1.80. The fourth-order valence-corrected chi connectivity index (χ4v) is 1.80. The molecule has 110 valence electrons. The molecule has 1 amide bonds. The second kappa shape index (κ2) is 6.83. The second-order valence-corrected chi connectivity index (χ2v) is 5.15. The number of hydrogen-bond acceptors (Lipinski definition) is 4. The average molecular weight is 285 g/mol. The van der Waals surface area contributed by atoms with Gasteiger partial charge < -0.3 is 10.1 Å². The van der Waals surface area contributed by atoms with Gasteiger partial charge in [-0.1, -0.05) is 26.0 Å². The number of nitrogens with zero attached hydrogens (tertiary/aromatic N) is 2. The summed E-state index contributed by atoms with van der Waals surface area (Å²) in [6, 6.07) is 10.9. The van der Waals surface area contributed by atoms with Crippen molar-refractivity contribution in [2.24, 2.45) is 5.92 Å². The Kier molecular flexibility index (Phi) is 4.87. The lowest BCUT2D eigenvalue weighted by atomic mass is 10.1. The summed E-state index contributed by atoms with van der Waals surface area (Å²) in [6.07, 6.45) is 0. The molecule has 21 heavy (non-hydrogen) atoms. The molecule has 0 atom stereocenters. The van der Waals surface area contributed by atoms with E-state index in [0.717, 1.165) is 5.56 Å². The third-order valence-electron chi connectivity index (χ3n) is 2.94. The molecule has 1 aromatic heterocycles. The minimum absolute atomic E-state index is 0.0768. The number of aromatic nitrogens is 2. The van der Waals surface area contributed by atoms with Crippen LogP contribution in [0.4, 0.5) is 0 Å². The number of nitrogens with one attached hydrogen (secondary N) is 1. The molecule has 0 aliphatic heterocycles.